The van der Waals surface area contributed by atoms with Crippen LogP contribution in [0.2, 0.25) is 0 Å². The molecule has 0 aromatic heterocycles. The highest BCUT2D eigenvalue weighted by atomic mass is 79.9. The molecule has 2 nitrogen and oxygen atoms in total. The predicted molar refractivity (Wildman–Crippen MR) is 72.0 cm³/mol. The normalized spacial score (nSPS) is 12.5. The van der Waals surface area contributed by atoms with Crippen LogP contribution >= 0.6 is 15.9 Å². The molecule has 0 saturated carbocycles. The molecule has 0 fully saturated rings. The molecule has 0 aliphatic rings. The van der Waals surface area contributed by atoms with E-state index >= 15 is 0 Å². The molecule has 1 aromatic carbocycles. The second-order valence-corrected chi connectivity index (χ2v) is 4.79. The van der Waals surface area contributed by atoms with Crippen molar-refractivity contribution in [2.75, 3.05) is 14.2 Å². The number of unbranched alkanes of at least 4 members (excludes halogenated alkanes) is 1. The van der Waals surface area contributed by atoms with E-state index in [4.69, 9.17) is 4.74 Å². The van der Waals surface area contributed by atoms with E-state index in [0.29, 0.717) is 6.04 Å². The quantitative estimate of drug-likeness (QED) is 0.856. The lowest BCUT2D eigenvalue weighted by Gasteiger charge is -2.19. The number of methoxy groups -OCH3 is 1. The zero-order valence-electron chi connectivity index (χ0n) is 10.2. The van der Waals surface area contributed by atoms with Crippen LogP contribution in [-0.2, 0) is 0 Å². The highest BCUT2D eigenvalue weighted by Crippen LogP contribution is 2.30. The minimum atomic E-state index is 0.378. The summed E-state index contributed by atoms with van der Waals surface area (Å²) in [6.07, 6.45) is 3.59. The van der Waals surface area contributed by atoms with Gasteiger partial charge in [-0.05, 0) is 25.6 Å². The molecule has 0 heterocycles. The fourth-order valence-corrected chi connectivity index (χ4v) is 2.18. The Bertz CT molecular complexity index is 328. The minimum absolute atomic E-state index is 0.378. The Morgan fingerprint density at radius 1 is 1.44 bits per heavy atom. The number of hydrogen-bond acceptors (Lipinski definition) is 2. The first-order valence-electron chi connectivity index (χ1n) is 5.73. The zero-order chi connectivity index (χ0) is 12.0. The largest absolute Gasteiger partial charge is 0.496 e. The average molecular weight is 286 g/mol. The standard InChI is InChI=1S/C13H20BrNO/c1-4-5-6-12(15-2)11-8-7-10(14)9-13(11)16-3/h7-9,12,15H,4-6H2,1-3H3. The van der Waals surface area contributed by atoms with Crippen molar-refractivity contribution >= 4 is 15.9 Å². The van der Waals surface area contributed by atoms with E-state index in [2.05, 4.69) is 40.3 Å². The first-order chi connectivity index (χ1) is 7.72. The summed E-state index contributed by atoms with van der Waals surface area (Å²) >= 11 is 3.46. The van der Waals surface area contributed by atoms with Gasteiger partial charge in [-0.2, -0.15) is 0 Å². The van der Waals surface area contributed by atoms with Gasteiger partial charge in [0, 0.05) is 16.1 Å². The molecule has 1 atom stereocenters. The molecular weight excluding hydrogens is 266 g/mol. The molecule has 1 rings (SSSR count). The van der Waals surface area contributed by atoms with Gasteiger partial charge in [0.15, 0.2) is 0 Å². The number of ether oxygens (including phenoxy) is 1. The predicted octanol–water partition coefficient (Wildman–Crippen LogP) is 3.91. The third-order valence-corrected chi connectivity index (χ3v) is 3.26. The lowest BCUT2D eigenvalue weighted by molar-refractivity contribution is 0.397. The van der Waals surface area contributed by atoms with E-state index in [0.717, 1.165) is 16.6 Å². The molecule has 0 spiro atoms. The molecule has 90 valence electrons. The summed E-state index contributed by atoms with van der Waals surface area (Å²) in [7, 11) is 3.72. The van der Waals surface area contributed by atoms with Crippen LogP contribution in [0.5, 0.6) is 5.75 Å². The van der Waals surface area contributed by atoms with Gasteiger partial charge in [-0.1, -0.05) is 41.8 Å². The first kappa shape index (κ1) is 13.5. The smallest absolute Gasteiger partial charge is 0.124 e. The first-order valence-corrected chi connectivity index (χ1v) is 6.53. The number of nitrogens with one attached hydrogen (secondary N) is 1. The van der Waals surface area contributed by atoms with Crippen LogP contribution in [0, 0.1) is 0 Å². The summed E-state index contributed by atoms with van der Waals surface area (Å²) in [6, 6.07) is 6.59. The topological polar surface area (TPSA) is 21.3 Å². The molecule has 0 bridgehead atoms. The van der Waals surface area contributed by atoms with Crippen molar-refractivity contribution in [3.63, 3.8) is 0 Å². The summed E-state index contributed by atoms with van der Waals surface area (Å²) in [4.78, 5) is 0. The summed E-state index contributed by atoms with van der Waals surface area (Å²) in [6.45, 7) is 2.21. The molecule has 1 unspecified atom stereocenters. The second kappa shape index (κ2) is 6.92. The van der Waals surface area contributed by atoms with E-state index in [9.17, 15) is 0 Å². The molecule has 1 N–H and O–H groups in total. The van der Waals surface area contributed by atoms with Crippen LogP contribution in [0.25, 0.3) is 0 Å². The Morgan fingerprint density at radius 3 is 2.75 bits per heavy atom. The van der Waals surface area contributed by atoms with Crippen LogP contribution in [0.15, 0.2) is 22.7 Å². The minimum Gasteiger partial charge on any atom is -0.496 e. The highest BCUT2D eigenvalue weighted by Gasteiger charge is 2.13. The molecule has 0 amide bonds. The van der Waals surface area contributed by atoms with Crippen molar-refractivity contribution in [2.45, 2.75) is 32.2 Å². The third kappa shape index (κ3) is 3.49. The van der Waals surface area contributed by atoms with E-state index in [1.54, 1.807) is 7.11 Å². The average Bonchev–Trinajstić information content (AvgIpc) is 2.31. The Hall–Kier alpha value is -0.540. The van der Waals surface area contributed by atoms with Crippen LogP contribution in [0.1, 0.15) is 37.8 Å². The van der Waals surface area contributed by atoms with E-state index < -0.39 is 0 Å². The molecule has 16 heavy (non-hydrogen) atoms. The molecule has 3 heteroatoms. The molecular formula is C13H20BrNO. The monoisotopic (exact) mass is 285 g/mol. The Labute approximate surface area is 107 Å². The number of halogens is 1. The van der Waals surface area contributed by atoms with Crippen molar-refractivity contribution in [3.05, 3.63) is 28.2 Å². The molecule has 0 saturated heterocycles. The fourth-order valence-electron chi connectivity index (χ4n) is 1.84. The van der Waals surface area contributed by atoms with Gasteiger partial charge in [0.25, 0.3) is 0 Å². The summed E-state index contributed by atoms with van der Waals surface area (Å²) in [5, 5.41) is 3.35. The van der Waals surface area contributed by atoms with E-state index in [1.807, 2.05) is 13.1 Å². The second-order valence-electron chi connectivity index (χ2n) is 3.87. The van der Waals surface area contributed by atoms with E-state index in [-0.39, 0.29) is 0 Å². The van der Waals surface area contributed by atoms with Gasteiger partial charge in [0.1, 0.15) is 5.75 Å². The summed E-state index contributed by atoms with van der Waals surface area (Å²) < 4.78 is 6.47. The van der Waals surface area contributed by atoms with Crippen LogP contribution in [0.4, 0.5) is 0 Å². The van der Waals surface area contributed by atoms with E-state index in [1.165, 1.54) is 18.4 Å². The molecule has 0 aliphatic heterocycles. The van der Waals surface area contributed by atoms with Crippen molar-refractivity contribution in [1.82, 2.24) is 5.32 Å². The van der Waals surface area contributed by atoms with Crippen LogP contribution < -0.4 is 10.1 Å². The summed E-state index contributed by atoms with van der Waals surface area (Å²) in [5.41, 5.74) is 1.24. The molecule has 0 aliphatic carbocycles. The maximum absolute atomic E-state index is 5.42. The van der Waals surface area contributed by atoms with Gasteiger partial charge in [-0.3, -0.25) is 0 Å². The van der Waals surface area contributed by atoms with Gasteiger partial charge in [0.2, 0.25) is 0 Å². The summed E-state index contributed by atoms with van der Waals surface area (Å²) in [5.74, 6) is 0.949. The highest BCUT2D eigenvalue weighted by molar-refractivity contribution is 9.10. The Kier molecular flexibility index (Phi) is 5.85. The van der Waals surface area contributed by atoms with Gasteiger partial charge in [-0.25, -0.2) is 0 Å². The van der Waals surface area contributed by atoms with Crippen LogP contribution in [-0.4, -0.2) is 14.2 Å². The Balaban J connectivity index is 2.90. The maximum Gasteiger partial charge on any atom is 0.124 e. The number of rotatable bonds is 6. The zero-order valence-corrected chi connectivity index (χ0v) is 11.8. The van der Waals surface area contributed by atoms with Crippen molar-refractivity contribution in [2.24, 2.45) is 0 Å². The number of hydrogen-bond donors (Lipinski definition) is 1. The van der Waals surface area contributed by atoms with Crippen molar-refractivity contribution in [1.29, 1.82) is 0 Å². The lowest BCUT2D eigenvalue weighted by Crippen LogP contribution is -2.17. The van der Waals surface area contributed by atoms with Gasteiger partial charge < -0.3 is 10.1 Å². The van der Waals surface area contributed by atoms with Gasteiger partial charge in [-0.15, -0.1) is 0 Å². The van der Waals surface area contributed by atoms with Crippen LogP contribution in [0.3, 0.4) is 0 Å². The lowest BCUT2D eigenvalue weighted by atomic mass is 10.0. The number of benzene rings is 1. The van der Waals surface area contributed by atoms with Gasteiger partial charge in [0.05, 0.1) is 7.11 Å². The van der Waals surface area contributed by atoms with Crippen molar-refractivity contribution < 1.29 is 4.74 Å². The molecule has 1 aromatic rings. The molecule has 0 radical (unpaired) electrons. The fraction of sp³-hybridized carbons (Fsp3) is 0.538. The maximum atomic E-state index is 5.42. The SMILES string of the molecule is CCCCC(NC)c1ccc(Br)cc1OC. The Morgan fingerprint density at radius 2 is 2.19 bits per heavy atom. The third-order valence-electron chi connectivity index (χ3n) is 2.77. The van der Waals surface area contributed by atoms with Gasteiger partial charge >= 0.3 is 0 Å². The van der Waals surface area contributed by atoms with Crippen molar-refractivity contribution in [3.8, 4) is 5.75 Å².